The van der Waals surface area contributed by atoms with Crippen LogP contribution < -0.4 is 0 Å². The van der Waals surface area contributed by atoms with Crippen molar-refractivity contribution in [1.82, 2.24) is 0 Å². The van der Waals surface area contributed by atoms with Gasteiger partial charge < -0.3 is 16.5 Å². The fraction of sp³-hybridized carbons (Fsp3) is 0.467. The number of hydrogen-bond donors (Lipinski definition) is 0. The molecule has 0 saturated carbocycles. The molecule has 1 aliphatic rings. The van der Waals surface area contributed by atoms with E-state index < -0.39 is 36.4 Å². The van der Waals surface area contributed by atoms with Gasteiger partial charge in [0.15, 0.2) is 0 Å². The lowest BCUT2D eigenvalue weighted by atomic mass is 10.1. The third kappa shape index (κ3) is 6.23. The highest BCUT2D eigenvalue weighted by Crippen LogP contribution is 2.23. The van der Waals surface area contributed by atoms with Gasteiger partial charge >= 0.3 is 8.56 Å². The predicted molar refractivity (Wildman–Crippen MR) is 105 cm³/mol. The number of benzene rings is 1. The summed E-state index contributed by atoms with van der Waals surface area (Å²) in [4.78, 5) is 0. The molecule has 1 heterocycles. The zero-order valence-electron chi connectivity index (χ0n) is 14.6. The molecule has 8 heteroatoms. The Balaban J connectivity index is 1.89. The minimum atomic E-state index is -2.17. The first-order valence-corrected chi connectivity index (χ1v) is 17.1. The van der Waals surface area contributed by atoms with Crippen LogP contribution in [0.4, 0.5) is 0 Å². The molecule has 23 heavy (non-hydrogen) atoms. The zero-order valence-corrected chi connectivity index (χ0v) is 19.0. The van der Waals surface area contributed by atoms with Gasteiger partial charge in [0.05, 0.1) is 0 Å². The summed E-state index contributed by atoms with van der Waals surface area (Å²) in [6.45, 7) is 12.2. The molecule has 128 valence electrons. The molecule has 0 spiro atoms. The standard InChI is InChI=1S/C15H28O4Si4/c1-6-14-9-11-15(12-10-14)8-7-13-23(5)18-21(3)16-20(2)17-22(4)19-23/h6,9-12,20-22H,1,7-8,13H2,2-5H3. The van der Waals surface area contributed by atoms with Crippen molar-refractivity contribution in [2.75, 3.05) is 0 Å². The highest BCUT2D eigenvalue weighted by molar-refractivity contribution is 6.81. The van der Waals surface area contributed by atoms with Crippen LogP contribution in [0.2, 0.25) is 32.2 Å². The molecule has 0 aliphatic carbocycles. The molecule has 1 aliphatic heterocycles. The molecule has 1 fully saturated rings. The van der Waals surface area contributed by atoms with Gasteiger partial charge in [0.1, 0.15) is 0 Å². The summed E-state index contributed by atoms with van der Waals surface area (Å²) in [5.41, 5.74) is 2.51. The van der Waals surface area contributed by atoms with Crippen molar-refractivity contribution < 1.29 is 16.5 Å². The van der Waals surface area contributed by atoms with Crippen LogP contribution in [0.15, 0.2) is 30.8 Å². The van der Waals surface area contributed by atoms with Gasteiger partial charge in [0.2, 0.25) is 0 Å². The van der Waals surface area contributed by atoms with Crippen molar-refractivity contribution in [3.05, 3.63) is 42.0 Å². The van der Waals surface area contributed by atoms with E-state index in [1.165, 1.54) is 5.56 Å². The molecule has 1 aromatic rings. The summed E-state index contributed by atoms with van der Waals surface area (Å²) in [5.74, 6) is 0. The smallest absolute Gasteiger partial charge is 0.317 e. The van der Waals surface area contributed by atoms with E-state index in [0.717, 1.165) is 24.4 Å². The van der Waals surface area contributed by atoms with E-state index in [1.807, 2.05) is 6.08 Å². The van der Waals surface area contributed by atoms with E-state index in [0.29, 0.717) is 0 Å². The molecule has 0 bridgehead atoms. The topological polar surface area (TPSA) is 36.9 Å². The maximum absolute atomic E-state index is 6.30. The summed E-state index contributed by atoms with van der Waals surface area (Å²) >= 11 is 0. The molecule has 1 aromatic carbocycles. The van der Waals surface area contributed by atoms with Gasteiger partial charge in [-0.05, 0) is 56.2 Å². The predicted octanol–water partition coefficient (Wildman–Crippen LogP) is 2.97. The van der Waals surface area contributed by atoms with Crippen LogP contribution in [0.3, 0.4) is 0 Å². The van der Waals surface area contributed by atoms with Crippen LogP contribution in [0.5, 0.6) is 0 Å². The molecular formula is C15H28O4Si4. The van der Waals surface area contributed by atoms with Crippen LogP contribution >= 0.6 is 0 Å². The average molecular weight is 385 g/mol. The van der Waals surface area contributed by atoms with Gasteiger partial charge in [0.25, 0.3) is 27.9 Å². The Morgan fingerprint density at radius 3 is 2.09 bits per heavy atom. The minimum Gasteiger partial charge on any atom is -0.420 e. The fourth-order valence-electron chi connectivity index (χ4n) is 2.91. The van der Waals surface area contributed by atoms with Gasteiger partial charge in [-0.2, -0.15) is 0 Å². The Bertz CT molecular complexity index is 497. The van der Waals surface area contributed by atoms with Gasteiger partial charge in [-0.15, -0.1) is 0 Å². The van der Waals surface area contributed by atoms with Crippen molar-refractivity contribution in [3.63, 3.8) is 0 Å². The molecule has 2 rings (SSSR count). The lowest BCUT2D eigenvalue weighted by Crippen LogP contribution is -2.53. The molecule has 0 N–H and O–H groups in total. The quantitative estimate of drug-likeness (QED) is 0.731. The molecule has 2 atom stereocenters. The van der Waals surface area contributed by atoms with E-state index >= 15 is 0 Å². The summed E-state index contributed by atoms with van der Waals surface area (Å²) in [7, 11) is -6.95. The normalized spacial score (nSPS) is 32.1. The Hall–Kier alpha value is -0.332. The van der Waals surface area contributed by atoms with Crippen molar-refractivity contribution in [3.8, 4) is 0 Å². The molecular weight excluding hydrogens is 357 g/mol. The molecule has 4 nitrogen and oxygen atoms in total. The summed E-state index contributed by atoms with van der Waals surface area (Å²) < 4.78 is 24.5. The average Bonchev–Trinajstić information content (AvgIpc) is 2.45. The van der Waals surface area contributed by atoms with Crippen molar-refractivity contribution in [1.29, 1.82) is 0 Å². The molecule has 2 unspecified atom stereocenters. The Morgan fingerprint density at radius 2 is 1.57 bits per heavy atom. The van der Waals surface area contributed by atoms with Crippen LogP contribution in [-0.4, -0.2) is 36.4 Å². The summed E-state index contributed by atoms with van der Waals surface area (Å²) in [6.07, 6.45) is 3.99. The lowest BCUT2D eigenvalue weighted by molar-refractivity contribution is 0.273. The van der Waals surface area contributed by atoms with Gasteiger partial charge in [0, 0.05) is 0 Å². The monoisotopic (exact) mass is 384 g/mol. The molecule has 0 aromatic heterocycles. The Morgan fingerprint density at radius 1 is 1.00 bits per heavy atom. The third-order valence-corrected chi connectivity index (χ3v) is 17.9. The Kier molecular flexibility index (Phi) is 7.16. The van der Waals surface area contributed by atoms with E-state index in [1.54, 1.807) is 0 Å². The first kappa shape index (κ1) is 19.0. The summed E-state index contributed by atoms with van der Waals surface area (Å²) in [5, 5.41) is 0. The first-order chi connectivity index (χ1) is 10.9. The van der Waals surface area contributed by atoms with E-state index in [9.17, 15) is 0 Å². The van der Waals surface area contributed by atoms with Crippen LogP contribution in [0.25, 0.3) is 6.08 Å². The third-order valence-electron chi connectivity index (χ3n) is 3.91. The maximum Gasteiger partial charge on any atom is 0.317 e. The first-order valence-electron chi connectivity index (χ1n) is 8.28. The molecule has 0 radical (unpaired) electrons. The van der Waals surface area contributed by atoms with E-state index in [2.05, 4.69) is 57.0 Å². The number of hydrogen-bond acceptors (Lipinski definition) is 4. The second-order valence-corrected chi connectivity index (χ2v) is 16.4. The maximum atomic E-state index is 6.30. The van der Waals surface area contributed by atoms with Gasteiger partial charge in [-0.3, -0.25) is 0 Å². The van der Waals surface area contributed by atoms with Crippen molar-refractivity contribution >= 4 is 42.5 Å². The highest BCUT2D eigenvalue weighted by atomic mass is 28.5. The number of aryl methyl sites for hydroxylation is 1. The molecule has 1 saturated heterocycles. The SMILES string of the molecule is C=Cc1ccc(CCC[Si]2(C)O[SiH](C)O[SiH](C)O[SiH](C)O2)cc1. The lowest BCUT2D eigenvalue weighted by Gasteiger charge is -2.37. The van der Waals surface area contributed by atoms with Gasteiger partial charge in [-0.25, -0.2) is 0 Å². The second kappa shape index (κ2) is 8.67. The largest absolute Gasteiger partial charge is 0.420 e. The highest BCUT2D eigenvalue weighted by Gasteiger charge is 2.38. The Labute approximate surface area is 146 Å². The minimum absolute atomic E-state index is 0.994. The second-order valence-electron chi connectivity index (χ2n) is 6.14. The van der Waals surface area contributed by atoms with Crippen LogP contribution in [0, 0.1) is 0 Å². The fourth-order valence-corrected chi connectivity index (χ4v) is 17.6. The zero-order chi connectivity index (χ0) is 16.9. The van der Waals surface area contributed by atoms with Gasteiger partial charge in [-0.1, -0.05) is 36.9 Å². The van der Waals surface area contributed by atoms with Crippen molar-refractivity contribution in [2.24, 2.45) is 0 Å². The number of rotatable bonds is 5. The van der Waals surface area contributed by atoms with E-state index in [-0.39, 0.29) is 0 Å². The van der Waals surface area contributed by atoms with Crippen LogP contribution in [-0.2, 0) is 22.9 Å². The molecule has 0 amide bonds. The van der Waals surface area contributed by atoms with Crippen LogP contribution in [0.1, 0.15) is 17.5 Å². The van der Waals surface area contributed by atoms with E-state index in [4.69, 9.17) is 16.5 Å². The van der Waals surface area contributed by atoms with Crippen molar-refractivity contribution in [2.45, 2.75) is 45.1 Å². The summed E-state index contributed by atoms with van der Waals surface area (Å²) in [6, 6.07) is 9.57.